The van der Waals surface area contributed by atoms with Crippen molar-refractivity contribution in [1.82, 2.24) is 15.1 Å². The van der Waals surface area contributed by atoms with Crippen molar-refractivity contribution in [3.63, 3.8) is 0 Å². The van der Waals surface area contributed by atoms with Crippen LogP contribution in [0.25, 0.3) is 21.5 Å². The number of hydrogen-bond acceptors (Lipinski definition) is 6. The number of aromatic nitrogens is 3. The SMILES string of the molecule is CC(C)(C)c1cc2c(OCc3cc(-c4ccc(Cl)cc4)no3)ncnc2s1. The molecule has 138 valence electrons. The largest absolute Gasteiger partial charge is 0.469 e. The Morgan fingerprint density at radius 3 is 2.63 bits per heavy atom. The smallest absolute Gasteiger partial charge is 0.225 e. The molecule has 0 aliphatic heterocycles. The van der Waals surface area contributed by atoms with Crippen LogP contribution in [-0.2, 0) is 12.0 Å². The van der Waals surface area contributed by atoms with E-state index in [1.807, 2.05) is 30.3 Å². The van der Waals surface area contributed by atoms with Gasteiger partial charge in [0.1, 0.15) is 16.9 Å². The Balaban J connectivity index is 1.54. The molecule has 0 amide bonds. The van der Waals surface area contributed by atoms with Gasteiger partial charge in [0, 0.05) is 21.5 Å². The number of rotatable bonds is 4. The van der Waals surface area contributed by atoms with E-state index in [0.717, 1.165) is 21.5 Å². The summed E-state index contributed by atoms with van der Waals surface area (Å²) in [5.74, 6) is 1.18. The van der Waals surface area contributed by atoms with Crippen LogP contribution in [0.3, 0.4) is 0 Å². The highest BCUT2D eigenvalue weighted by molar-refractivity contribution is 7.18. The average Bonchev–Trinajstić information content (AvgIpc) is 3.27. The van der Waals surface area contributed by atoms with Gasteiger partial charge in [-0.3, -0.25) is 0 Å². The van der Waals surface area contributed by atoms with Gasteiger partial charge in [-0.2, -0.15) is 0 Å². The number of fused-ring (bicyclic) bond motifs is 1. The van der Waals surface area contributed by atoms with Crippen molar-refractivity contribution in [1.29, 1.82) is 0 Å². The van der Waals surface area contributed by atoms with Crippen molar-refractivity contribution < 1.29 is 9.26 Å². The summed E-state index contributed by atoms with van der Waals surface area (Å²) < 4.78 is 11.3. The van der Waals surface area contributed by atoms with E-state index >= 15 is 0 Å². The summed E-state index contributed by atoms with van der Waals surface area (Å²) >= 11 is 7.59. The van der Waals surface area contributed by atoms with Crippen LogP contribution < -0.4 is 4.74 Å². The van der Waals surface area contributed by atoms with E-state index in [2.05, 4.69) is 42.0 Å². The first-order valence-corrected chi connectivity index (χ1v) is 9.69. The highest BCUT2D eigenvalue weighted by Gasteiger charge is 2.19. The summed E-state index contributed by atoms with van der Waals surface area (Å²) in [5, 5.41) is 5.70. The number of benzene rings is 1. The Morgan fingerprint density at radius 1 is 1.11 bits per heavy atom. The van der Waals surface area contributed by atoms with Gasteiger partial charge in [-0.05, 0) is 23.6 Å². The second-order valence-corrected chi connectivity index (χ2v) is 8.70. The third-order valence-corrected chi connectivity index (χ3v) is 5.80. The van der Waals surface area contributed by atoms with Crippen molar-refractivity contribution in [3.8, 4) is 17.1 Å². The molecule has 5 nitrogen and oxygen atoms in total. The van der Waals surface area contributed by atoms with E-state index in [1.165, 1.54) is 11.2 Å². The molecule has 3 aromatic heterocycles. The predicted molar refractivity (Wildman–Crippen MR) is 107 cm³/mol. The zero-order valence-corrected chi connectivity index (χ0v) is 16.8. The van der Waals surface area contributed by atoms with Gasteiger partial charge in [0.15, 0.2) is 12.4 Å². The molecule has 1 aromatic carbocycles. The number of halogens is 1. The van der Waals surface area contributed by atoms with Gasteiger partial charge >= 0.3 is 0 Å². The minimum Gasteiger partial charge on any atom is -0.469 e. The molecule has 0 atom stereocenters. The summed E-state index contributed by atoms with van der Waals surface area (Å²) in [5.41, 5.74) is 1.73. The minimum absolute atomic E-state index is 0.0566. The second kappa shape index (κ2) is 6.94. The molecule has 0 aliphatic rings. The highest BCUT2D eigenvalue weighted by atomic mass is 35.5. The topological polar surface area (TPSA) is 61.0 Å². The monoisotopic (exact) mass is 399 g/mol. The Bertz CT molecular complexity index is 1080. The number of ether oxygens (including phenoxy) is 1. The van der Waals surface area contributed by atoms with Crippen LogP contribution in [0.2, 0.25) is 5.02 Å². The molecule has 4 aromatic rings. The normalized spacial score (nSPS) is 11.9. The maximum atomic E-state index is 5.92. The van der Waals surface area contributed by atoms with Crippen LogP contribution in [0.5, 0.6) is 5.88 Å². The molecule has 0 aliphatic carbocycles. The maximum absolute atomic E-state index is 5.92. The Kier molecular flexibility index (Phi) is 4.61. The lowest BCUT2D eigenvalue weighted by Gasteiger charge is -2.14. The Hall–Kier alpha value is -2.44. The van der Waals surface area contributed by atoms with Crippen molar-refractivity contribution in [3.05, 3.63) is 58.4 Å². The number of thiophene rings is 1. The maximum Gasteiger partial charge on any atom is 0.225 e. The molecule has 0 N–H and O–H groups in total. The fourth-order valence-electron chi connectivity index (χ4n) is 2.60. The molecular formula is C20H18ClN3O2S. The van der Waals surface area contributed by atoms with E-state index in [4.69, 9.17) is 20.9 Å². The van der Waals surface area contributed by atoms with Gasteiger partial charge in [-0.25, -0.2) is 9.97 Å². The Labute approximate surface area is 166 Å². The molecule has 0 spiro atoms. The molecule has 7 heteroatoms. The van der Waals surface area contributed by atoms with E-state index in [0.29, 0.717) is 16.7 Å². The van der Waals surface area contributed by atoms with E-state index in [1.54, 1.807) is 11.3 Å². The Morgan fingerprint density at radius 2 is 1.89 bits per heavy atom. The number of hydrogen-bond donors (Lipinski definition) is 0. The molecule has 0 saturated carbocycles. The average molecular weight is 400 g/mol. The van der Waals surface area contributed by atoms with Gasteiger partial charge in [0.05, 0.1) is 5.39 Å². The van der Waals surface area contributed by atoms with Crippen molar-refractivity contribution in [2.24, 2.45) is 0 Å². The predicted octanol–water partition coefficient (Wildman–Crippen LogP) is 5.88. The summed E-state index contributed by atoms with van der Waals surface area (Å²) in [6, 6.07) is 11.4. The van der Waals surface area contributed by atoms with Crippen molar-refractivity contribution >= 4 is 33.2 Å². The highest BCUT2D eigenvalue weighted by Crippen LogP contribution is 2.36. The molecule has 0 bridgehead atoms. The van der Waals surface area contributed by atoms with Gasteiger partial charge in [0.2, 0.25) is 5.88 Å². The second-order valence-electron chi connectivity index (χ2n) is 7.23. The van der Waals surface area contributed by atoms with Gasteiger partial charge < -0.3 is 9.26 Å². The third kappa shape index (κ3) is 3.82. The molecule has 27 heavy (non-hydrogen) atoms. The first-order valence-electron chi connectivity index (χ1n) is 8.49. The van der Waals surface area contributed by atoms with E-state index in [-0.39, 0.29) is 12.0 Å². The van der Waals surface area contributed by atoms with Crippen molar-refractivity contribution in [2.75, 3.05) is 0 Å². The molecule has 0 saturated heterocycles. The van der Waals surface area contributed by atoms with Gasteiger partial charge in [-0.15, -0.1) is 11.3 Å². The summed E-state index contributed by atoms with van der Waals surface area (Å²) in [6.45, 7) is 6.78. The molecule has 3 heterocycles. The lowest BCUT2D eigenvalue weighted by atomic mass is 9.94. The standard InChI is InChI=1S/C20H18ClN3O2S/c1-20(2,3)17-9-15-18(22-11-23-19(15)27-17)25-10-14-8-16(24-26-14)12-4-6-13(21)7-5-12/h4-9,11H,10H2,1-3H3. The van der Waals surface area contributed by atoms with Crippen LogP contribution in [0.1, 0.15) is 31.4 Å². The quantitative estimate of drug-likeness (QED) is 0.429. The summed E-state index contributed by atoms with van der Waals surface area (Å²) in [4.78, 5) is 10.8. The molecular weight excluding hydrogens is 382 g/mol. The molecule has 0 unspecified atom stereocenters. The van der Waals surface area contributed by atoms with Crippen LogP contribution in [0.15, 0.2) is 47.2 Å². The van der Waals surface area contributed by atoms with Crippen LogP contribution in [-0.4, -0.2) is 15.1 Å². The lowest BCUT2D eigenvalue weighted by Crippen LogP contribution is -2.07. The summed E-state index contributed by atoms with van der Waals surface area (Å²) in [6.07, 6.45) is 1.53. The number of nitrogens with zero attached hydrogens (tertiary/aromatic N) is 3. The third-order valence-electron chi connectivity index (χ3n) is 4.08. The van der Waals surface area contributed by atoms with Gasteiger partial charge in [0.25, 0.3) is 0 Å². The lowest BCUT2D eigenvalue weighted by molar-refractivity contribution is 0.244. The van der Waals surface area contributed by atoms with E-state index < -0.39 is 0 Å². The summed E-state index contributed by atoms with van der Waals surface area (Å²) in [7, 11) is 0. The van der Waals surface area contributed by atoms with Crippen LogP contribution >= 0.6 is 22.9 Å². The molecule has 0 fully saturated rings. The minimum atomic E-state index is 0.0566. The molecule has 4 rings (SSSR count). The van der Waals surface area contributed by atoms with E-state index in [9.17, 15) is 0 Å². The van der Waals surface area contributed by atoms with Gasteiger partial charge in [-0.1, -0.05) is 49.7 Å². The molecule has 0 radical (unpaired) electrons. The van der Waals surface area contributed by atoms with Crippen LogP contribution in [0.4, 0.5) is 0 Å². The zero-order chi connectivity index (χ0) is 19.0. The fraction of sp³-hybridized carbons (Fsp3) is 0.250. The zero-order valence-electron chi connectivity index (χ0n) is 15.2. The first-order chi connectivity index (χ1) is 12.9. The first kappa shape index (κ1) is 17.9. The van der Waals surface area contributed by atoms with Crippen LogP contribution in [0, 0.1) is 0 Å². The van der Waals surface area contributed by atoms with Crippen molar-refractivity contribution in [2.45, 2.75) is 32.8 Å². The fourth-order valence-corrected chi connectivity index (χ4v) is 3.77.